The van der Waals surface area contributed by atoms with Crippen molar-refractivity contribution in [3.63, 3.8) is 0 Å². The highest BCUT2D eigenvalue weighted by Gasteiger charge is 2.33. The molecule has 1 amide bonds. The fraction of sp³-hybridized carbons (Fsp3) is 0.238. The Bertz CT molecular complexity index is 985. The summed E-state index contributed by atoms with van der Waals surface area (Å²) in [4.78, 5) is 31.3. The zero-order valence-corrected chi connectivity index (χ0v) is 15.4. The number of nitrogens with two attached hydrogens (primary N) is 1. The van der Waals surface area contributed by atoms with Crippen LogP contribution in [0.25, 0.3) is 5.69 Å². The van der Waals surface area contributed by atoms with E-state index in [4.69, 9.17) is 5.73 Å². The second-order valence-corrected chi connectivity index (χ2v) is 6.92. The second-order valence-electron chi connectivity index (χ2n) is 6.92. The molecule has 0 radical (unpaired) electrons. The first-order valence-corrected chi connectivity index (χ1v) is 9.23. The maximum atomic E-state index is 13.0. The van der Waals surface area contributed by atoms with Gasteiger partial charge < -0.3 is 10.6 Å². The number of benzene rings is 1. The molecular weight excluding hydrogens is 354 g/mol. The van der Waals surface area contributed by atoms with Gasteiger partial charge in [-0.25, -0.2) is 4.68 Å². The molecule has 142 valence electrons. The molecule has 7 heteroatoms. The minimum absolute atomic E-state index is 0.0104. The first-order valence-electron chi connectivity index (χ1n) is 9.23. The molecule has 28 heavy (non-hydrogen) atoms. The van der Waals surface area contributed by atoms with Crippen LogP contribution in [-0.4, -0.2) is 44.4 Å². The van der Waals surface area contributed by atoms with Gasteiger partial charge >= 0.3 is 0 Å². The number of hydrogen-bond donors (Lipinski definition) is 1. The van der Waals surface area contributed by atoms with Gasteiger partial charge in [-0.15, -0.1) is 0 Å². The summed E-state index contributed by atoms with van der Waals surface area (Å²) in [7, 11) is 0. The van der Waals surface area contributed by atoms with Crippen molar-refractivity contribution in [3.8, 4) is 5.69 Å². The number of rotatable bonds is 5. The third-order valence-electron chi connectivity index (χ3n) is 5.06. The summed E-state index contributed by atoms with van der Waals surface area (Å²) >= 11 is 0. The van der Waals surface area contributed by atoms with E-state index in [1.807, 2.05) is 42.5 Å². The first-order chi connectivity index (χ1) is 13.6. The maximum absolute atomic E-state index is 13.0. The predicted octanol–water partition coefficient (Wildman–Crippen LogP) is 2.12. The van der Waals surface area contributed by atoms with E-state index in [2.05, 4.69) is 10.1 Å². The Morgan fingerprint density at radius 1 is 1.11 bits per heavy atom. The molecule has 2 aromatic heterocycles. The molecule has 7 nitrogen and oxygen atoms in total. The standard InChI is InChI=1S/C21H21N5O2/c22-21-18(13-24-26(21)17-6-2-1-3-7-17)20(28)16-8-10-25(14-16)19(27)11-15-5-4-9-23-12-15/h1-7,9,12-13,16H,8,10-11,14,22H2. The predicted molar refractivity (Wildman–Crippen MR) is 105 cm³/mol. The third kappa shape index (κ3) is 3.51. The minimum atomic E-state index is -0.256. The molecule has 0 bridgehead atoms. The van der Waals surface area contributed by atoms with E-state index in [9.17, 15) is 9.59 Å². The van der Waals surface area contributed by atoms with E-state index in [0.29, 0.717) is 37.3 Å². The number of Topliss-reactive ketones (excluding diaryl/α,β-unsaturated/α-hetero) is 1. The van der Waals surface area contributed by atoms with Crippen LogP contribution in [0.2, 0.25) is 0 Å². The molecule has 1 atom stereocenters. The Morgan fingerprint density at radius 3 is 2.68 bits per heavy atom. The molecule has 1 saturated heterocycles. The van der Waals surface area contributed by atoms with E-state index < -0.39 is 0 Å². The van der Waals surface area contributed by atoms with Gasteiger partial charge in [-0.1, -0.05) is 24.3 Å². The van der Waals surface area contributed by atoms with Crippen LogP contribution in [0.3, 0.4) is 0 Å². The summed E-state index contributed by atoms with van der Waals surface area (Å²) in [5.41, 5.74) is 8.28. The van der Waals surface area contributed by atoms with Crippen molar-refractivity contribution in [1.82, 2.24) is 19.7 Å². The molecule has 3 aromatic rings. The lowest BCUT2D eigenvalue weighted by Gasteiger charge is -2.16. The number of anilines is 1. The van der Waals surface area contributed by atoms with Crippen molar-refractivity contribution in [2.45, 2.75) is 12.8 Å². The molecule has 0 aliphatic carbocycles. The molecule has 1 aliphatic rings. The van der Waals surface area contributed by atoms with E-state index >= 15 is 0 Å². The van der Waals surface area contributed by atoms with E-state index in [1.54, 1.807) is 22.0 Å². The van der Waals surface area contributed by atoms with Crippen molar-refractivity contribution in [1.29, 1.82) is 0 Å². The average Bonchev–Trinajstić information content (AvgIpc) is 3.36. The Balaban J connectivity index is 1.44. The number of para-hydroxylation sites is 1. The number of carbonyl (C=O) groups excluding carboxylic acids is 2. The Kier molecular flexibility index (Phi) is 4.89. The number of pyridine rings is 1. The van der Waals surface area contributed by atoms with Crippen molar-refractivity contribution in [2.24, 2.45) is 5.92 Å². The van der Waals surface area contributed by atoms with E-state index in [1.165, 1.54) is 6.20 Å². The Hall–Kier alpha value is -3.48. The van der Waals surface area contributed by atoms with E-state index in [0.717, 1.165) is 11.3 Å². The summed E-state index contributed by atoms with van der Waals surface area (Å²) in [6.07, 6.45) is 5.81. The molecule has 1 aliphatic heterocycles. The number of ketones is 1. The summed E-state index contributed by atoms with van der Waals surface area (Å²) in [5.74, 6) is 0.0255. The highest BCUT2D eigenvalue weighted by Crippen LogP contribution is 2.25. The van der Waals surface area contributed by atoms with E-state index in [-0.39, 0.29) is 17.6 Å². The van der Waals surface area contributed by atoms with Crippen LogP contribution in [-0.2, 0) is 11.2 Å². The van der Waals surface area contributed by atoms with Gasteiger partial charge in [0.1, 0.15) is 5.82 Å². The number of hydrogen-bond acceptors (Lipinski definition) is 5. The lowest BCUT2D eigenvalue weighted by Crippen LogP contribution is -2.31. The van der Waals surface area contributed by atoms with Gasteiger partial charge in [-0.2, -0.15) is 5.10 Å². The van der Waals surface area contributed by atoms with Crippen LogP contribution in [0.4, 0.5) is 5.82 Å². The van der Waals surface area contributed by atoms with Gasteiger partial charge in [0.15, 0.2) is 5.78 Å². The fourth-order valence-corrected chi connectivity index (χ4v) is 3.53. The lowest BCUT2D eigenvalue weighted by atomic mass is 9.98. The van der Waals surface area contributed by atoms with Crippen molar-refractivity contribution in [3.05, 3.63) is 72.2 Å². The second kappa shape index (κ2) is 7.64. The molecule has 4 rings (SSSR count). The number of amides is 1. The Labute approximate surface area is 162 Å². The number of nitrogen functional groups attached to an aromatic ring is 1. The highest BCUT2D eigenvalue weighted by molar-refractivity contribution is 6.02. The van der Waals surface area contributed by atoms with Gasteiger partial charge in [0.05, 0.1) is 23.9 Å². The lowest BCUT2D eigenvalue weighted by molar-refractivity contribution is -0.129. The summed E-state index contributed by atoms with van der Waals surface area (Å²) in [6.45, 7) is 0.982. The summed E-state index contributed by atoms with van der Waals surface area (Å²) < 4.78 is 1.56. The fourth-order valence-electron chi connectivity index (χ4n) is 3.53. The van der Waals surface area contributed by atoms with Crippen LogP contribution >= 0.6 is 0 Å². The number of carbonyl (C=O) groups is 2. The Morgan fingerprint density at radius 2 is 1.93 bits per heavy atom. The van der Waals surface area contributed by atoms with Crippen LogP contribution < -0.4 is 5.73 Å². The molecule has 1 fully saturated rings. The molecule has 1 aromatic carbocycles. The smallest absolute Gasteiger partial charge is 0.227 e. The first kappa shape index (κ1) is 17.9. The monoisotopic (exact) mass is 375 g/mol. The van der Waals surface area contributed by atoms with Gasteiger partial charge in [0.25, 0.3) is 0 Å². The SMILES string of the molecule is Nc1c(C(=O)C2CCN(C(=O)Cc3cccnc3)C2)cnn1-c1ccccc1. The molecule has 0 spiro atoms. The topological polar surface area (TPSA) is 94.1 Å². The normalized spacial score (nSPS) is 16.3. The highest BCUT2D eigenvalue weighted by atomic mass is 16.2. The van der Waals surface area contributed by atoms with Crippen LogP contribution in [0.1, 0.15) is 22.3 Å². The van der Waals surface area contributed by atoms with Crippen LogP contribution in [0, 0.1) is 5.92 Å². The van der Waals surface area contributed by atoms with Gasteiger partial charge in [0.2, 0.25) is 5.91 Å². The summed E-state index contributed by atoms with van der Waals surface area (Å²) in [6, 6.07) is 13.1. The average molecular weight is 375 g/mol. The summed E-state index contributed by atoms with van der Waals surface area (Å²) in [5, 5.41) is 4.27. The molecular formula is C21H21N5O2. The van der Waals surface area contributed by atoms with Crippen molar-refractivity contribution >= 4 is 17.5 Å². The minimum Gasteiger partial charge on any atom is -0.383 e. The third-order valence-corrected chi connectivity index (χ3v) is 5.06. The van der Waals surface area contributed by atoms with Crippen molar-refractivity contribution in [2.75, 3.05) is 18.8 Å². The van der Waals surface area contributed by atoms with Crippen LogP contribution in [0.15, 0.2) is 61.1 Å². The molecule has 0 saturated carbocycles. The molecule has 3 heterocycles. The number of aromatic nitrogens is 3. The zero-order valence-electron chi connectivity index (χ0n) is 15.4. The quantitative estimate of drug-likeness (QED) is 0.690. The largest absolute Gasteiger partial charge is 0.383 e. The number of nitrogens with zero attached hydrogens (tertiary/aromatic N) is 4. The maximum Gasteiger partial charge on any atom is 0.227 e. The van der Waals surface area contributed by atoms with Gasteiger partial charge in [0, 0.05) is 31.4 Å². The number of likely N-dealkylation sites (tertiary alicyclic amines) is 1. The zero-order chi connectivity index (χ0) is 19.5. The van der Waals surface area contributed by atoms with Crippen LogP contribution in [0.5, 0.6) is 0 Å². The molecule has 1 unspecified atom stereocenters. The van der Waals surface area contributed by atoms with Gasteiger partial charge in [-0.05, 0) is 30.2 Å². The van der Waals surface area contributed by atoms with Gasteiger partial charge in [-0.3, -0.25) is 14.6 Å². The van der Waals surface area contributed by atoms with Crippen molar-refractivity contribution < 1.29 is 9.59 Å². The molecule has 2 N–H and O–H groups in total.